The summed E-state index contributed by atoms with van der Waals surface area (Å²) >= 11 is 0. The van der Waals surface area contributed by atoms with Crippen molar-refractivity contribution in [2.24, 2.45) is 17.1 Å². The van der Waals surface area contributed by atoms with E-state index < -0.39 is 10.2 Å². The van der Waals surface area contributed by atoms with E-state index in [0.717, 1.165) is 32.1 Å². The summed E-state index contributed by atoms with van der Waals surface area (Å²) in [5.74, 6) is 0.322. The van der Waals surface area contributed by atoms with Crippen molar-refractivity contribution in [1.82, 2.24) is 8.61 Å². The molecule has 0 bridgehead atoms. The highest BCUT2D eigenvalue weighted by Gasteiger charge is 2.42. The first-order valence-corrected chi connectivity index (χ1v) is 9.32. The molecule has 0 amide bonds. The predicted molar refractivity (Wildman–Crippen MR) is 81.5 cm³/mol. The molecule has 2 saturated heterocycles. The maximum absolute atomic E-state index is 12.8. The molecule has 2 fully saturated rings. The zero-order valence-corrected chi connectivity index (χ0v) is 13.7. The minimum absolute atomic E-state index is 0.191. The normalized spacial score (nSPS) is 28.9. The molecule has 0 aromatic heterocycles. The van der Waals surface area contributed by atoms with Crippen LogP contribution in [0.1, 0.15) is 46.0 Å². The summed E-state index contributed by atoms with van der Waals surface area (Å²) in [6, 6.07) is 0. The van der Waals surface area contributed by atoms with E-state index in [9.17, 15) is 8.42 Å². The number of nitrogens with zero attached hydrogens (tertiary/aromatic N) is 2. The van der Waals surface area contributed by atoms with Gasteiger partial charge in [0.15, 0.2) is 0 Å². The molecule has 0 aromatic rings. The van der Waals surface area contributed by atoms with Gasteiger partial charge in [-0.3, -0.25) is 0 Å². The van der Waals surface area contributed by atoms with Crippen LogP contribution in [0.4, 0.5) is 0 Å². The van der Waals surface area contributed by atoms with Gasteiger partial charge in [0.1, 0.15) is 0 Å². The molecule has 2 aliphatic rings. The van der Waals surface area contributed by atoms with Gasteiger partial charge in [0.05, 0.1) is 0 Å². The highest BCUT2D eigenvalue weighted by atomic mass is 32.2. The molecule has 0 aliphatic carbocycles. The maximum atomic E-state index is 12.8. The van der Waals surface area contributed by atoms with Crippen LogP contribution in [-0.2, 0) is 10.2 Å². The van der Waals surface area contributed by atoms with Crippen molar-refractivity contribution in [1.29, 1.82) is 0 Å². The van der Waals surface area contributed by atoms with Crippen LogP contribution in [0.5, 0.6) is 0 Å². The average molecular weight is 303 g/mol. The quantitative estimate of drug-likeness (QED) is 0.835. The summed E-state index contributed by atoms with van der Waals surface area (Å²) < 4.78 is 28.9. The molecule has 2 aliphatic heterocycles. The lowest BCUT2D eigenvalue weighted by molar-refractivity contribution is 0.243. The first-order chi connectivity index (χ1) is 9.47. The summed E-state index contributed by atoms with van der Waals surface area (Å²) in [6.07, 6.45) is 5.09. The molecule has 2 rings (SSSR count). The Hall–Kier alpha value is -0.170. The minimum Gasteiger partial charge on any atom is -0.330 e. The second-order valence-electron chi connectivity index (χ2n) is 6.40. The average Bonchev–Trinajstić information content (AvgIpc) is 2.93. The fourth-order valence-electron chi connectivity index (χ4n) is 3.51. The molecule has 1 unspecified atom stereocenters. The molecule has 118 valence electrons. The molecule has 0 saturated carbocycles. The van der Waals surface area contributed by atoms with Crippen LogP contribution in [0.2, 0.25) is 0 Å². The van der Waals surface area contributed by atoms with Gasteiger partial charge in [-0.05, 0) is 50.0 Å². The van der Waals surface area contributed by atoms with Gasteiger partial charge in [0.2, 0.25) is 0 Å². The van der Waals surface area contributed by atoms with Crippen LogP contribution in [0.25, 0.3) is 0 Å². The van der Waals surface area contributed by atoms with Crippen molar-refractivity contribution in [3.05, 3.63) is 0 Å². The zero-order chi connectivity index (χ0) is 14.8. The van der Waals surface area contributed by atoms with Crippen molar-refractivity contribution < 1.29 is 8.42 Å². The summed E-state index contributed by atoms with van der Waals surface area (Å²) in [7, 11) is -3.28. The highest BCUT2D eigenvalue weighted by molar-refractivity contribution is 7.86. The topological polar surface area (TPSA) is 66.6 Å². The molecule has 5 nitrogen and oxygen atoms in total. The third-order valence-electron chi connectivity index (χ3n) is 5.37. The fourth-order valence-corrected chi connectivity index (χ4v) is 5.35. The summed E-state index contributed by atoms with van der Waals surface area (Å²) in [5.41, 5.74) is 5.90. The Morgan fingerprint density at radius 1 is 1.20 bits per heavy atom. The maximum Gasteiger partial charge on any atom is 0.282 e. The monoisotopic (exact) mass is 303 g/mol. The van der Waals surface area contributed by atoms with Crippen LogP contribution in [-0.4, -0.2) is 49.8 Å². The number of nitrogens with two attached hydrogens (primary N) is 1. The van der Waals surface area contributed by atoms with Crippen LogP contribution < -0.4 is 5.73 Å². The molecule has 20 heavy (non-hydrogen) atoms. The number of hydrogen-bond acceptors (Lipinski definition) is 3. The summed E-state index contributed by atoms with van der Waals surface area (Å²) in [4.78, 5) is 0. The lowest BCUT2D eigenvalue weighted by Crippen LogP contribution is -2.48. The number of hydrogen-bond donors (Lipinski definition) is 1. The van der Waals surface area contributed by atoms with Crippen LogP contribution in [0.3, 0.4) is 0 Å². The Balaban J connectivity index is 2.08. The van der Waals surface area contributed by atoms with E-state index in [1.165, 1.54) is 0 Å². The third kappa shape index (κ3) is 3.03. The molecule has 2 heterocycles. The van der Waals surface area contributed by atoms with Gasteiger partial charge in [-0.1, -0.05) is 13.8 Å². The van der Waals surface area contributed by atoms with Crippen LogP contribution in [0, 0.1) is 11.3 Å². The number of piperidine rings is 1. The third-order valence-corrected chi connectivity index (χ3v) is 7.32. The van der Waals surface area contributed by atoms with Gasteiger partial charge < -0.3 is 5.73 Å². The van der Waals surface area contributed by atoms with Gasteiger partial charge in [-0.25, -0.2) is 0 Å². The molecular weight excluding hydrogens is 274 g/mol. The van der Waals surface area contributed by atoms with Gasteiger partial charge >= 0.3 is 0 Å². The lowest BCUT2D eigenvalue weighted by atomic mass is 9.82. The first kappa shape index (κ1) is 16.2. The second-order valence-corrected chi connectivity index (χ2v) is 8.33. The van der Waals surface area contributed by atoms with E-state index in [0.29, 0.717) is 38.6 Å². The van der Waals surface area contributed by atoms with E-state index >= 15 is 0 Å². The Kier molecular flexibility index (Phi) is 5.10. The van der Waals surface area contributed by atoms with Gasteiger partial charge in [0, 0.05) is 26.2 Å². The smallest absolute Gasteiger partial charge is 0.282 e. The standard InChI is InChI=1S/C14H29N3O2S/c1-3-14(4-2)7-9-17(12-14)20(18,19)16-8-5-6-13(10-15)11-16/h13H,3-12,15H2,1-2H3. The molecule has 0 radical (unpaired) electrons. The first-order valence-electron chi connectivity index (χ1n) is 7.92. The van der Waals surface area contributed by atoms with Crippen molar-refractivity contribution in [2.75, 3.05) is 32.7 Å². The van der Waals surface area contributed by atoms with Crippen molar-refractivity contribution in [3.63, 3.8) is 0 Å². The highest BCUT2D eigenvalue weighted by Crippen LogP contribution is 2.39. The lowest BCUT2D eigenvalue weighted by Gasteiger charge is -2.34. The second kappa shape index (κ2) is 6.30. The Bertz CT molecular complexity index is 420. The summed E-state index contributed by atoms with van der Waals surface area (Å²) in [5, 5.41) is 0. The largest absolute Gasteiger partial charge is 0.330 e. The van der Waals surface area contributed by atoms with E-state index in [4.69, 9.17) is 5.73 Å². The van der Waals surface area contributed by atoms with Crippen molar-refractivity contribution in [2.45, 2.75) is 46.0 Å². The minimum atomic E-state index is -3.28. The van der Waals surface area contributed by atoms with Crippen molar-refractivity contribution in [3.8, 4) is 0 Å². The zero-order valence-electron chi connectivity index (χ0n) is 12.8. The van der Waals surface area contributed by atoms with Crippen LogP contribution in [0.15, 0.2) is 0 Å². The van der Waals surface area contributed by atoms with Gasteiger partial charge in [-0.15, -0.1) is 0 Å². The van der Waals surface area contributed by atoms with E-state index in [-0.39, 0.29) is 5.41 Å². The molecule has 6 heteroatoms. The molecule has 1 atom stereocenters. The van der Waals surface area contributed by atoms with Gasteiger partial charge in [0.25, 0.3) is 10.2 Å². The molecule has 0 aromatic carbocycles. The Morgan fingerprint density at radius 3 is 2.45 bits per heavy atom. The Morgan fingerprint density at radius 2 is 1.90 bits per heavy atom. The fraction of sp³-hybridized carbons (Fsp3) is 1.00. The van der Waals surface area contributed by atoms with E-state index in [1.807, 2.05) is 0 Å². The van der Waals surface area contributed by atoms with E-state index in [2.05, 4.69) is 13.8 Å². The van der Waals surface area contributed by atoms with E-state index in [1.54, 1.807) is 8.61 Å². The SMILES string of the molecule is CCC1(CC)CCN(S(=O)(=O)N2CCCC(CN)C2)C1. The van der Waals surface area contributed by atoms with Gasteiger partial charge in [-0.2, -0.15) is 17.0 Å². The molecule has 2 N–H and O–H groups in total. The van der Waals surface area contributed by atoms with Crippen molar-refractivity contribution >= 4 is 10.2 Å². The summed E-state index contributed by atoms with van der Waals surface area (Å²) in [6.45, 7) is 7.54. The molecule has 0 spiro atoms. The predicted octanol–water partition coefficient (Wildman–Crippen LogP) is 1.41. The Labute approximate surface area is 123 Å². The van der Waals surface area contributed by atoms with Crippen LogP contribution >= 0.6 is 0 Å². The number of rotatable bonds is 5. The molecular formula is C14H29N3O2S.